The van der Waals surface area contributed by atoms with Gasteiger partial charge in [0, 0.05) is 12.5 Å². The molecule has 34 heavy (non-hydrogen) atoms. The Bertz CT molecular complexity index is 1150. The van der Waals surface area contributed by atoms with Crippen LogP contribution in [-0.4, -0.2) is 36.2 Å². The lowest BCUT2D eigenvalue weighted by molar-refractivity contribution is -0.141. The van der Waals surface area contributed by atoms with Crippen LogP contribution in [0.4, 0.5) is 4.79 Å². The van der Waals surface area contributed by atoms with Crippen molar-refractivity contribution in [2.45, 2.75) is 18.9 Å². The number of fused-ring (bicyclic) bond motifs is 3. The van der Waals surface area contributed by atoms with Crippen molar-refractivity contribution in [3.8, 4) is 11.1 Å². The molecule has 2 amide bonds. The van der Waals surface area contributed by atoms with Gasteiger partial charge in [0.05, 0.1) is 5.92 Å². The van der Waals surface area contributed by atoms with Crippen LogP contribution in [0.25, 0.3) is 11.1 Å². The molecule has 0 saturated carbocycles. The lowest BCUT2D eigenvalue weighted by Gasteiger charge is -2.20. The van der Waals surface area contributed by atoms with Gasteiger partial charge in [-0.15, -0.1) is 0 Å². The number of benzene rings is 3. The van der Waals surface area contributed by atoms with Gasteiger partial charge in [-0.2, -0.15) is 0 Å². The lowest BCUT2D eigenvalue weighted by Crippen LogP contribution is -2.42. The third-order valence-corrected chi connectivity index (χ3v) is 6.01. The molecule has 0 aromatic heterocycles. The molecular weight excluding hydrogens is 432 g/mol. The van der Waals surface area contributed by atoms with Gasteiger partial charge in [0.2, 0.25) is 5.91 Å². The fourth-order valence-electron chi connectivity index (χ4n) is 4.15. The number of hydrogen-bond donors (Lipinski definition) is 3. The van der Waals surface area contributed by atoms with E-state index in [1.807, 2.05) is 36.4 Å². The van der Waals surface area contributed by atoms with Crippen LogP contribution in [0, 0.1) is 5.92 Å². The number of rotatable bonds is 8. The van der Waals surface area contributed by atoms with Gasteiger partial charge in [-0.3, -0.25) is 9.59 Å². The maximum absolute atomic E-state index is 12.8. The van der Waals surface area contributed by atoms with Crippen LogP contribution in [0.5, 0.6) is 0 Å². The second-order valence-electron chi connectivity index (χ2n) is 8.30. The number of nitrogens with one attached hydrogen (secondary N) is 2. The average Bonchev–Trinajstić information content (AvgIpc) is 3.18. The molecule has 0 radical (unpaired) electrons. The first-order chi connectivity index (χ1) is 16.5. The molecule has 1 aliphatic carbocycles. The van der Waals surface area contributed by atoms with E-state index in [0.717, 1.165) is 22.3 Å². The Balaban J connectivity index is 1.45. The van der Waals surface area contributed by atoms with Gasteiger partial charge in [0.15, 0.2) is 0 Å². The number of alkyl carbamates (subject to hydrolysis) is 1. The van der Waals surface area contributed by atoms with Crippen LogP contribution in [-0.2, 0) is 14.3 Å². The van der Waals surface area contributed by atoms with Crippen LogP contribution in [0.1, 0.15) is 35.6 Å². The van der Waals surface area contributed by atoms with Crippen LogP contribution in [0.3, 0.4) is 0 Å². The predicted molar refractivity (Wildman–Crippen MR) is 127 cm³/mol. The fourth-order valence-corrected chi connectivity index (χ4v) is 4.15. The quantitative estimate of drug-likeness (QED) is 0.471. The number of ether oxygens (including phenoxy) is 1. The minimum absolute atomic E-state index is 0.0517. The highest BCUT2D eigenvalue weighted by molar-refractivity contribution is 5.87. The van der Waals surface area contributed by atoms with E-state index < -0.39 is 29.9 Å². The number of carboxylic acid groups (broad SMARTS) is 1. The van der Waals surface area contributed by atoms with Crippen LogP contribution in [0.2, 0.25) is 0 Å². The van der Waals surface area contributed by atoms with Gasteiger partial charge in [0.25, 0.3) is 0 Å². The Kier molecular flexibility index (Phi) is 6.92. The van der Waals surface area contributed by atoms with Gasteiger partial charge in [0.1, 0.15) is 12.6 Å². The maximum atomic E-state index is 12.8. The van der Waals surface area contributed by atoms with Crippen molar-refractivity contribution in [2.24, 2.45) is 5.92 Å². The summed E-state index contributed by atoms with van der Waals surface area (Å²) in [4.78, 5) is 36.6. The van der Waals surface area contributed by atoms with E-state index in [2.05, 4.69) is 22.8 Å². The first-order valence-corrected chi connectivity index (χ1v) is 11.1. The third-order valence-electron chi connectivity index (χ3n) is 6.01. The summed E-state index contributed by atoms with van der Waals surface area (Å²) in [5.74, 6) is -2.37. The van der Waals surface area contributed by atoms with E-state index in [4.69, 9.17) is 9.84 Å². The van der Waals surface area contributed by atoms with Gasteiger partial charge in [-0.05, 0) is 27.8 Å². The average molecular weight is 459 g/mol. The molecule has 1 unspecified atom stereocenters. The number of aliphatic carboxylic acids is 1. The van der Waals surface area contributed by atoms with Gasteiger partial charge < -0.3 is 20.5 Å². The Morgan fingerprint density at radius 2 is 1.44 bits per heavy atom. The monoisotopic (exact) mass is 458 g/mol. The zero-order chi connectivity index (χ0) is 24.1. The normalized spacial score (nSPS) is 13.8. The zero-order valence-corrected chi connectivity index (χ0v) is 18.7. The zero-order valence-electron chi connectivity index (χ0n) is 18.7. The summed E-state index contributed by atoms with van der Waals surface area (Å²) in [6, 6.07) is 23.8. The van der Waals surface area contributed by atoms with E-state index >= 15 is 0 Å². The van der Waals surface area contributed by atoms with Crippen molar-refractivity contribution < 1.29 is 24.2 Å². The Labute approximate surface area is 197 Å². The van der Waals surface area contributed by atoms with Crippen molar-refractivity contribution in [2.75, 3.05) is 13.2 Å². The molecule has 0 bridgehead atoms. The van der Waals surface area contributed by atoms with Crippen molar-refractivity contribution in [3.63, 3.8) is 0 Å². The molecule has 2 atom stereocenters. The molecule has 3 N–H and O–H groups in total. The largest absolute Gasteiger partial charge is 0.481 e. The van der Waals surface area contributed by atoms with E-state index in [9.17, 15) is 14.4 Å². The number of hydrogen-bond acceptors (Lipinski definition) is 4. The van der Waals surface area contributed by atoms with Gasteiger partial charge >= 0.3 is 12.1 Å². The Morgan fingerprint density at radius 1 is 0.882 bits per heavy atom. The number of carbonyl (C=O) groups is 3. The summed E-state index contributed by atoms with van der Waals surface area (Å²) in [6.45, 7) is 1.57. The molecule has 7 heteroatoms. The van der Waals surface area contributed by atoms with Crippen LogP contribution in [0.15, 0.2) is 78.9 Å². The molecule has 0 spiro atoms. The minimum atomic E-state index is -1.02. The molecule has 174 valence electrons. The second kappa shape index (κ2) is 10.2. The molecule has 0 heterocycles. The highest BCUT2D eigenvalue weighted by atomic mass is 16.5. The molecule has 0 aliphatic heterocycles. The van der Waals surface area contributed by atoms with E-state index in [0.29, 0.717) is 5.56 Å². The summed E-state index contributed by atoms with van der Waals surface area (Å²) in [7, 11) is 0. The van der Waals surface area contributed by atoms with E-state index in [-0.39, 0.29) is 19.1 Å². The maximum Gasteiger partial charge on any atom is 0.408 e. The summed E-state index contributed by atoms with van der Waals surface area (Å²) < 4.78 is 5.58. The first kappa shape index (κ1) is 23.0. The Morgan fingerprint density at radius 3 is 2.03 bits per heavy atom. The van der Waals surface area contributed by atoms with Crippen molar-refractivity contribution in [1.82, 2.24) is 10.6 Å². The molecule has 0 fully saturated rings. The standard InChI is InChI=1S/C27H26N2O5/c1-17(26(31)32)15-28-25(30)24(18-9-3-2-4-10-18)29-27(33)34-16-23-21-13-7-5-11-19(21)20-12-6-8-14-22(20)23/h2-14,17,23-24H,15-16H2,1H3,(H,28,30)(H,29,33)(H,31,32)/t17?,24-/m1/s1. The first-order valence-electron chi connectivity index (χ1n) is 11.1. The predicted octanol–water partition coefficient (Wildman–Crippen LogP) is 4.10. The molecule has 0 saturated heterocycles. The molecule has 1 aliphatic rings. The number of amides is 2. The second-order valence-corrected chi connectivity index (χ2v) is 8.30. The highest BCUT2D eigenvalue weighted by Gasteiger charge is 2.30. The summed E-state index contributed by atoms with van der Waals surface area (Å²) >= 11 is 0. The topological polar surface area (TPSA) is 105 Å². The minimum Gasteiger partial charge on any atom is -0.481 e. The molecule has 3 aromatic rings. The van der Waals surface area contributed by atoms with E-state index in [1.54, 1.807) is 30.3 Å². The van der Waals surface area contributed by atoms with Gasteiger partial charge in [-0.1, -0.05) is 85.8 Å². The van der Waals surface area contributed by atoms with Crippen molar-refractivity contribution in [1.29, 1.82) is 0 Å². The van der Waals surface area contributed by atoms with Crippen LogP contribution >= 0.6 is 0 Å². The number of carbonyl (C=O) groups excluding carboxylic acids is 2. The smallest absolute Gasteiger partial charge is 0.408 e. The summed E-state index contributed by atoms with van der Waals surface area (Å²) in [5, 5.41) is 14.3. The van der Waals surface area contributed by atoms with Crippen molar-refractivity contribution >= 4 is 18.0 Å². The fraction of sp³-hybridized carbons (Fsp3) is 0.222. The van der Waals surface area contributed by atoms with Crippen LogP contribution < -0.4 is 10.6 Å². The Hall–Kier alpha value is -4.13. The van der Waals surface area contributed by atoms with E-state index in [1.165, 1.54) is 6.92 Å². The SMILES string of the molecule is CC(CNC(=O)[C@H](NC(=O)OCC1c2ccccc2-c2ccccc21)c1ccccc1)C(=O)O. The molecular formula is C27H26N2O5. The summed E-state index contributed by atoms with van der Waals surface area (Å²) in [5.41, 5.74) is 5.01. The van der Waals surface area contributed by atoms with Crippen molar-refractivity contribution in [3.05, 3.63) is 95.6 Å². The third kappa shape index (κ3) is 4.93. The molecule has 7 nitrogen and oxygen atoms in total. The number of carboxylic acids is 1. The molecule has 4 rings (SSSR count). The lowest BCUT2D eigenvalue weighted by atomic mass is 9.98. The van der Waals surface area contributed by atoms with Gasteiger partial charge in [-0.25, -0.2) is 4.79 Å². The summed E-state index contributed by atoms with van der Waals surface area (Å²) in [6.07, 6.45) is -0.725. The molecule has 3 aromatic carbocycles. The highest BCUT2D eigenvalue weighted by Crippen LogP contribution is 2.44.